The van der Waals surface area contributed by atoms with Crippen LogP contribution in [0.4, 0.5) is 0 Å². The number of nitrogens with zero attached hydrogens (tertiary/aromatic N) is 4. The zero-order valence-corrected chi connectivity index (χ0v) is 18.5. The highest BCUT2D eigenvalue weighted by molar-refractivity contribution is 14.0. The van der Waals surface area contributed by atoms with Crippen molar-refractivity contribution >= 4 is 40.9 Å². The number of benzene rings is 1. The average Bonchev–Trinajstić information content (AvgIpc) is 3.31. The van der Waals surface area contributed by atoms with E-state index in [9.17, 15) is 0 Å². The normalized spacial score (nSPS) is 17.6. The molecule has 0 amide bonds. The van der Waals surface area contributed by atoms with Crippen LogP contribution < -0.4 is 5.32 Å². The molecule has 1 fully saturated rings. The number of nitrogens with one attached hydrogen (secondary N) is 1. The molecule has 1 unspecified atom stereocenters. The first-order valence-electron chi connectivity index (χ1n) is 9.34. The summed E-state index contributed by atoms with van der Waals surface area (Å²) in [6, 6.07) is 10.1. The molecule has 28 heavy (non-hydrogen) atoms. The van der Waals surface area contributed by atoms with Crippen molar-refractivity contribution in [3.63, 3.8) is 0 Å². The van der Waals surface area contributed by atoms with Crippen molar-refractivity contribution < 1.29 is 9.15 Å². The van der Waals surface area contributed by atoms with Crippen molar-refractivity contribution in [1.29, 1.82) is 0 Å². The van der Waals surface area contributed by atoms with Gasteiger partial charge in [0.1, 0.15) is 24.0 Å². The molecule has 1 saturated heterocycles. The molecular formula is C20H26IN5O2. The van der Waals surface area contributed by atoms with Crippen molar-refractivity contribution in [3.8, 4) is 0 Å². The molecule has 3 heterocycles. The third-order valence-corrected chi connectivity index (χ3v) is 4.66. The molecule has 8 heteroatoms. The smallest absolute Gasteiger partial charge is 0.194 e. The van der Waals surface area contributed by atoms with Crippen LogP contribution in [-0.4, -0.2) is 46.9 Å². The summed E-state index contributed by atoms with van der Waals surface area (Å²) in [4.78, 5) is 7.04. The Kier molecular flexibility index (Phi) is 6.95. The maximum Gasteiger partial charge on any atom is 0.194 e. The monoisotopic (exact) mass is 495 g/mol. The maximum absolute atomic E-state index is 5.94. The number of hydrogen-bond acceptors (Lipinski definition) is 4. The lowest BCUT2D eigenvalue weighted by Gasteiger charge is -2.34. The highest BCUT2D eigenvalue weighted by Crippen LogP contribution is 2.22. The van der Waals surface area contributed by atoms with Crippen LogP contribution in [0.1, 0.15) is 24.4 Å². The largest absolute Gasteiger partial charge is 0.459 e. The molecule has 1 N–H and O–H groups in total. The average molecular weight is 495 g/mol. The van der Waals surface area contributed by atoms with E-state index in [0.717, 1.165) is 47.9 Å². The Morgan fingerprint density at radius 1 is 1.36 bits per heavy atom. The summed E-state index contributed by atoms with van der Waals surface area (Å²) >= 11 is 0. The number of rotatable bonds is 4. The summed E-state index contributed by atoms with van der Waals surface area (Å²) in [6.45, 7) is 5.62. The van der Waals surface area contributed by atoms with Gasteiger partial charge in [-0.2, -0.15) is 5.10 Å². The molecule has 1 aliphatic heterocycles. The lowest BCUT2D eigenvalue weighted by atomic mass is 10.1. The highest BCUT2D eigenvalue weighted by atomic mass is 127. The fourth-order valence-electron chi connectivity index (χ4n) is 3.34. The molecule has 1 atom stereocenters. The second-order valence-electron chi connectivity index (χ2n) is 6.67. The minimum absolute atomic E-state index is 0. The van der Waals surface area contributed by atoms with Crippen molar-refractivity contribution in [2.75, 3.05) is 26.2 Å². The van der Waals surface area contributed by atoms with Crippen LogP contribution in [-0.2, 0) is 18.3 Å². The zero-order chi connectivity index (χ0) is 18.6. The van der Waals surface area contributed by atoms with E-state index < -0.39 is 0 Å². The molecule has 4 rings (SSSR count). The summed E-state index contributed by atoms with van der Waals surface area (Å²) in [7, 11) is 1.92. The van der Waals surface area contributed by atoms with Gasteiger partial charge in [0.15, 0.2) is 5.96 Å². The zero-order valence-electron chi connectivity index (χ0n) is 16.2. The topological polar surface area (TPSA) is 67.8 Å². The minimum atomic E-state index is 0. The molecule has 1 aliphatic rings. The molecular weight excluding hydrogens is 469 g/mol. The van der Waals surface area contributed by atoms with E-state index in [1.807, 2.05) is 37.6 Å². The molecule has 7 nitrogen and oxygen atoms in total. The van der Waals surface area contributed by atoms with E-state index in [4.69, 9.17) is 14.1 Å². The highest BCUT2D eigenvalue weighted by Gasteiger charge is 2.25. The van der Waals surface area contributed by atoms with Gasteiger partial charge in [-0.3, -0.25) is 4.68 Å². The Balaban J connectivity index is 0.00000225. The van der Waals surface area contributed by atoms with Gasteiger partial charge in [-0.25, -0.2) is 4.99 Å². The predicted molar refractivity (Wildman–Crippen MR) is 120 cm³/mol. The van der Waals surface area contributed by atoms with Crippen LogP contribution in [0, 0.1) is 0 Å². The second kappa shape index (κ2) is 9.42. The third kappa shape index (κ3) is 4.67. The Morgan fingerprint density at radius 3 is 2.96 bits per heavy atom. The first-order valence-corrected chi connectivity index (χ1v) is 9.34. The van der Waals surface area contributed by atoms with Crippen LogP contribution in [0.2, 0.25) is 0 Å². The fourth-order valence-corrected chi connectivity index (χ4v) is 3.34. The molecule has 1 aromatic carbocycles. The number of morpholine rings is 1. The molecule has 2 aromatic heterocycles. The number of halogens is 1. The van der Waals surface area contributed by atoms with Gasteiger partial charge in [0, 0.05) is 37.3 Å². The third-order valence-electron chi connectivity index (χ3n) is 4.66. The predicted octanol–water partition coefficient (Wildman–Crippen LogP) is 3.32. The van der Waals surface area contributed by atoms with Crippen LogP contribution >= 0.6 is 24.0 Å². The number of fused-ring (bicyclic) bond motifs is 1. The number of aromatic nitrogens is 2. The van der Waals surface area contributed by atoms with Crippen LogP contribution in [0.5, 0.6) is 0 Å². The van der Waals surface area contributed by atoms with Crippen LogP contribution in [0.25, 0.3) is 11.0 Å². The number of aryl methyl sites for hydroxylation is 1. The lowest BCUT2D eigenvalue weighted by Crippen LogP contribution is -2.48. The number of para-hydroxylation sites is 1. The quantitative estimate of drug-likeness (QED) is 0.342. The van der Waals surface area contributed by atoms with Crippen LogP contribution in [0.3, 0.4) is 0 Å². The fraction of sp³-hybridized carbons (Fsp3) is 0.400. The van der Waals surface area contributed by atoms with Gasteiger partial charge in [0.2, 0.25) is 0 Å². The number of ether oxygens (including phenoxy) is 1. The van der Waals surface area contributed by atoms with Gasteiger partial charge < -0.3 is 19.4 Å². The molecule has 150 valence electrons. The summed E-state index contributed by atoms with van der Waals surface area (Å²) in [5, 5.41) is 8.75. The minimum Gasteiger partial charge on any atom is -0.459 e. The van der Waals surface area contributed by atoms with Gasteiger partial charge in [0.25, 0.3) is 0 Å². The van der Waals surface area contributed by atoms with Gasteiger partial charge in [-0.15, -0.1) is 24.0 Å². The number of furan rings is 1. The molecule has 0 bridgehead atoms. The van der Waals surface area contributed by atoms with E-state index in [0.29, 0.717) is 13.2 Å². The summed E-state index contributed by atoms with van der Waals surface area (Å²) < 4.78 is 13.6. The SMILES string of the molecule is CCNC(=NCc1cc2ccccc2o1)N1CCOC(c2cnn(C)c2)C1.I. The Hall–Kier alpha value is -2.07. The summed E-state index contributed by atoms with van der Waals surface area (Å²) in [5.74, 6) is 1.75. The van der Waals surface area contributed by atoms with E-state index in [2.05, 4.69) is 34.4 Å². The van der Waals surface area contributed by atoms with Gasteiger partial charge in [-0.1, -0.05) is 18.2 Å². The van der Waals surface area contributed by atoms with E-state index in [1.54, 1.807) is 4.68 Å². The van der Waals surface area contributed by atoms with Crippen molar-refractivity contribution in [2.45, 2.75) is 19.6 Å². The Labute approximate surface area is 181 Å². The lowest BCUT2D eigenvalue weighted by molar-refractivity contribution is -0.00806. The first-order chi connectivity index (χ1) is 13.2. The van der Waals surface area contributed by atoms with Crippen molar-refractivity contribution in [1.82, 2.24) is 20.0 Å². The first kappa shape index (κ1) is 20.7. The van der Waals surface area contributed by atoms with E-state index >= 15 is 0 Å². The molecule has 0 saturated carbocycles. The Bertz CT molecular complexity index is 902. The van der Waals surface area contributed by atoms with Crippen molar-refractivity contribution in [2.24, 2.45) is 12.0 Å². The standard InChI is InChI=1S/C20H25N5O2.HI/c1-3-21-20(22-12-17-10-15-6-4-5-7-18(15)27-17)25-8-9-26-19(14-25)16-11-23-24(2)13-16;/h4-7,10-11,13,19H,3,8-9,12,14H2,1-2H3,(H,21,22);1H. The number of guanidine groups is 1. The number of aliphatic imine (C=N–C) groups is 1. The Morgan fingerprint density at radius 2 is 2.21 bits per heavy atom. The van der Waals surface area contributed by atoms with Gasteiger partial charge in [0.05, 0.1) is 19.3 Å². The van der Waals surface area contributed by atoms with Gasteiger partial charge in [-0.05, 0) is 19.1 Å². The maximum atomic E-state index is 5.94. The van der Waals surface area contributed by atoms with Crippen LogP contribution in [0.15, 0.2) is 52.1 Å². The summed E-state index contributed by atoms with van der Waals surface area (Å²) in [5.41, 5.74) is 1.99. The second-order valence-corrected chi connectivity index (χ2v) is 6.67. The molecule has 0 aliphatic carbocycles. The number of hydrogen-bond donors (Lipinski definition) is 1. The molecule has 3 aromatic rings. The summed E-state index contributed by atoms with van der Waals surface area (Å²) in [6.07, 6.45) is 3.88. The van der Waals surface area contributed by atoms with E-state index in [-0.39, 0.29) is 30.1 Å². The van der Waals surface area contributed by atoms with E-state index in [1.165, 1.54) is 0 Å². The van der Waals surface area contributed by atoms with Crippen molar-refractivity contribution in [3.05, 3.63) is 54.0 Å². The molecule has 0 spiro atoms. The van der Waals surface area contributed by atoms with Gasteiger partial charge >= 0.3 is 0 Å². The molecule has 0 radical (unpaired) electrons.